The summed E-state index contributed by atoms with van der Waals surface area (Å²) in [5.41, 5.74) is 0.849. The third-order valence-electron chi connectivity index (χ3n) is 2.10. The Morgan fingerprint density at radius 3 is 2.88 bits per heavy atom. The maximum absolute atomic E-state index is 13.1. The lowest BCUT2D eigenvalue weighted by Gasteiger charge is -2.06. The van der Waals surface area contributed by atoms with Gasteiger partial charge in [0.2, 0.25) is 0 Å². The summed E-state index contributed by atoms with van der Waals surface area (Å²) in [5.74, 6) is -1.58. The Kier molecular flexibility index (Phi) is 3.39. The molecule has 5 heteroatoms. The number of carboxylic acids is 1. The molecule has 3 nitrogen and oxygen atoms in total. The Morgan fingerprint density at radius 2 is 2.24 bits per heavy atom. The predicted octanol–water partition coefficient (Wildman–Crippen LogP) is 3.16. The van der Waals surface area contributed by atoms with Gasteiger partial charge in [0.25, 0.3) is 0 Å². The Balaban J connectivity index is 2.13. The number of rotatable bonds is 4. The number of carbonyl (C=O) groups is 1. The van der Waals surface area contributed by atoms with Gasteiger partial charge in [0.15, 0.2) is 0 Å². The smallest absolute Gasteiger partial charge is 0.335 e. The largest absolute Gasteiger partial charge is 0.489 e. The van der Waals surface area contributed by atoms with E-state index in [1.54, 1.807) is 0 Å². The standard InChI is InChI=1S/C12H9FO3S/c13-10-3-9(12(14)15)4-11(5-10)16-6-8-1-2-17-7-8/h1-5,7H,6H2,(H,14,15). The highest BCUT2D eigenvalue weighted by molar-refractivity contribution is 7.07. The number of aromatic carboxylic acids is 1. The Labute approximate surface area is 101 Å². The number of halogens is 1. The van der Waals surface area contributed by atoms with Crippen LogP contribution in [0.2, 0.25) is 0 Å². The van der Waals surface area contributed by atoms with Crippen LogP contribution in [0.4, 0.5) is 4.39 Å². The molecule has 0 radical (unpaired) electrons. The van der Waals surface area contributed by atoms with Crippen molar-refractivity contribution in [2.75, 3.05) is 0 Å². The molecule has 88 valence electrons. The van der Waals surface area contributed by atoms with Crippen molar-refractivity contribution in [3.8, 4) is 5.75 Å². The van der Waals surface area contributed by atoms with Crippen LogP contribution in [0, 0.1) is 5.82 Å². The lowest BCUT2D eigenvalue weighted by atomic mass is 10.2. The molecule has 0 unspecified atom stereocenters. The molecule has 0 aliphatic heterocycles. The molecule has 17 heavy (non-hydrogen) atoms. The van der Waals surface area contributed by atoms with E-state index in [4.69, 9.17) is 9.84 Å². The predicted molar refractivity (Wildman–Crippen MR) is 62.0 cm³/mol. The summed E-state index contributed by atoms with van der Waals surface area (Å²) < 4.78 is 18.4. The van der Waals surface area contributed by atoms with Gasteiger partial charge < -0.3 is 9.84 Å². The maximum atomic E-state index is 13.1. The van der Waals surface area contributed by atoms with E-state index in [-0.39, 0.29) is 11.3 Å². The minimum absolute atomic E-state index is 0.120. The van der Waals surface area contributed by atoms with Gasteiger partial charge in [-0.1, -0.05) is 0 Å². The topological polar surface area (TPSA) is 46.5 Å². The van der Waals surface area contributed by atoms with Gasteiger partial charge >= 0.3 is 5.97 Å². The number of hydrogen-bond acceptors (Lipinski definition) is 3. The second kappa shape index (κ2) is 4.97. The number of thiophene rings is 1. The van der Waals surface area contributed by atoms with Crippen molar-refractivity contribution >= 4 is 17.3 Å². The molecule has 1 aromatic carbocycles. The highest BCUT2D eigenvalue weighted by Gasteiger charge is 2.08. The summed E-state index contributed by atoms with van der Waals surface area (Å²) >= 11 is 1.54. The quantitative estimate of drug-likeness (QED) is 0.909. The van der Waals surface area contributed by atoms with E-state index in [1.807, 2.05) is 16.8 Å². The molecule has 0 aliphatic carbocycles. The molecule has 0 bridgehead atoms. The van der Waals surface area contributed by atoms with Crippen LogP contribution in [0.5, 0.6) is 5.75 Å². The normalized spacial score (nSPS) is 10.2. The number of carboxylic acid groups (broad SMARTS) is 1. The van der Waals surface area contributed by atoms with E-state index in [0.717, 1.165) is 11.6 Å². The third kappa shape index (κ3) is 3.04. The zero-order valence-electron chi connectivity index (χ0n) is 8.72. The van der Waals surface area contributed by atoms with Gasteiger partial charge in [0.05, 0.1) is 5.56 Å². The van der Waals surface area contributed by atoms with Gasteiger partial charge in [0, 0.05) is 6.07 Å². The van der Waals surface area contributed by atoms with Crippen molar-refractivity contribution < 1.29 is 19.0 Å². The third-order valence-corrected chi connectivity index (χ3v) is 2.84. The molecule has 0 spiro atoms. The van der Waals surface area contributed by atoms with Crippen LogP contribution in [0.1, 0.15) is 15.9 Å². The Bertz CT molecular complexity index is 523. The first kappa shape index (κ1) is 11.6. The number of benzene rings is 1. The van der Waals surface area contributed by atoms with Crippen LogP contribution in [0.15, 0.2) is 35.0 Å². The summed E-state index contributed by atoms with van der Waals surface area (Å²) in [5, 5.41) is 12.6. The molecule has 0 fully saturated rings. The molecule has 0 aliphatic rings. The van der Waals surface area contributed by atoms with Gasteiger partial charge in [-0.25, -0.2) is 9.18 Å². The van der Waals surface area contributed by atoms with Crippen molar-refractivity contribution in [3.05, 3.63) is 52.0 Å². The molecule has 0 amide bonds. The summed E-state index contributed by atoms with van der Waals surface area (Å²) in [7, 11) is 0. The van der Waals surface area contributed by atoms with Crippen LogP contribution in [0.3, 0.4) is 0 Å². The highest BCUT2D eigenvalue weighted by atomic mass is 32.1. The minimum atomic E-state index is -1.18. The lowest BCUT2D eigenvalue weighted by Crippen LogP contribution is -2.00. The second-order valence-electron chi connectivity index (χ2n) is 3.40. The van der Waals surface area contributed by atoms with E-state index in [1.165, 1.54) is 23.5 Å². The second-order valence-corrected chi connectivity index (χ2v) is 4.18. The van der Waals surface area contributed by atoms with Gasteiger partial charge in [-0.2, -0.15) is 11.3 Å². The monoisotopic (exact) mass is 252 g/mol. The van der Waals surface area contributed by atoms with Crippen molar-refractivity contribution in [1.29, 1.82) is 0 Å². The summed E-state index contributed by atoms with van der Waals surface area (Å²) in [6.07, 6.45) is 0. The number of ether oxygens (including phenoxy) is 1. The Morgan fingerprint density at radius 1 is 1.41 bits per heavy atom. The molecule has 0 saturated heterocycles. The van der Waals surface area contributed by atoms with E-state index in [0.29, 0.717) is 6.61 Å². The minimum Gasteiger partial charge on any atom is -0.489 e. The van der Waals surface area contributed by atoms with Crippen LogP contribution in [-0.4, -0.2) is 11.1 Å². The van der Waals surface area contributed by atoms with E-state index in [2.05, 4.69) is 0 Å². The van der Waals surface area contributed by atoms with Crippen molar-refractivity contribution in [2.45, 2.75) is 6.61 Å². The van der Waals surface area contributed by atoms with Gasteiger partial charge in [-0.05, 0) is 34.5 Å². The average Bonchev–Trinajstić information content (AvgIpc) is 2.78. The molecule has 2 rings (SSSR count). The fourth-order valence-electron chi connectivity index (χ4n) is 1.31. The fraction of sp³-hybridized carbons (Fsp3) is 0.0833. The lowest BCUT2D eigenvalue weighted by molar-refractivity contribution is 0.0695. The molecule has 0 atom stereocenters. The van der Waals surface area contributed by atoms with Crippen LogP contribution >= 0.6 is 11.3 Å². The van der Waals surface area contributed by atoms with Crippen molar-refractivity contribution in [1.82, 2.24) is 0 Å². The first-order chi connectivity index (χ1) is 8.15. The van der Waals surface area contributed by atoms with E-state index < -0.39 is 11.8 Å². The molecule has 1 N–H and O–H groups in total. The van der Waals surface area contributed by atoms with Gasteiger partial charge in [0.1, 0.15) is 18.2 Å². The molecular formula is C12H9FO3S. The summed E-state index contributed by atoms with van der Waals surface area (Å²) in [6, 6.07) is 5.32. The van der Waals surface area contributed by atoms with Crippen molar-refractivity contribution in [3.63, 3.8) is 0 Å². The molecule has 1 aromatic heterocycles. The van der Waals surface area contributed by atoms with Crippen LogP contribution in [-0.2, 0) is 6.61 Å². The van der Waals surface area contributed by atoms with Gasteiger partial charge in [-0.15, -0.1) is 0 Å². The first-order valence-corrected chi connectivity index (χ1v) is 5.77. The molecular weight excluding hydrogens is 243 g/mol. The molecule has 0 saturated carbocycles. The van der Waals surface area contributed by atoms with Gasteiger partial charge in [-0.3, -0.25) is 0 Å². The molecule has 1 heterocycles. The Hall–Kier alpha value is -1.88. The highest BCUT2D eigenvalue weighted by Crippen LogP contribution is 2.18. The zero-order valence-corrected chi connectivity index (χ0v) is 9.54. The van der Waals surface area contributed by atoms with Crippen molar-refractivity contribution in [2.24, 2.45) is 0 Å². The number of hydrogen-bond donors (Lipinski definition) is 1. The van der Waals surface area contributed by atoms with E-state index in [9.17, 15) is 9.18 Å². The fourth-order valence-corrected chi connectivity index (χ4v) is 1.96. The zero-order chi connectivity index (χ0) is 12.3. The maximum Gasteiger partial charge on any atom is 0.335 e. The summed E-state index contributed by atoms with van der Waals surface area (Å²) in [4.78, 5) is 10.7. The van der Waals surface area contributed by atoms with Crippen LogP contribution in [0.25, 0.3) is 0 Å². The van der Waals surface area contributed by atoms with Crippen LogP contribution < -0.4 is 4.74 Å². The first-order valence-electron chi connectivity index (χ1n) is 4.83. The van der Waals surface area contributed by atoms with E-state index >= 15 is 0 Å². The molecule has 2 aromatic rings. The SMILES string of the molecule is O=C(O)c1cc(F)cc(OCc2ccsc2)c1. The summed E-state index contributed by atoms with van der Waals surface area (Å²) in [6.45, 7) is 0.298. The average molecular weight is 252 g/mol.